The lowest BCUT2D eigenvalue weighted by molar-refractivity contribution is -0.136. The van der Waals surface area contributed by atoms with Crippen molar-refractivity contribution >= 4 is 23.6 Å². The number of hydrogen-bond acceptors (Lipinski definition) is 4. The SMILES string of the molecule is CCCN1C(=O)NC(c2ccc(NC(=O)c3ccc(C(C)(C)C)cc3)cc2)C(C(=O)OC)=C1C. The molecule has 2 aromatic rings. The van der Waals surface area contributed by atoms with E-state index in [-0.39, 0.29) is 17.4 Å². The Balaban J connectivity index is 1.81. The van der Waals surface area contributed by atoms with Crippen LogP contribution in [0.3, 0.4) is 0 Å². The third-order valence-corrected chi connectivity index (χ3v) is 5.96. The number of esters is 1. The molecule has 0 saturated carbocycles. The zero-order valence-electron chi connectivity index (χ0n) is 20.7. The van der Waals surface area contributed by atoms with Crippen LogP contribution in [0.5, 0.6) is 0 Å². The van der Waals surface area contributed by atoms with Gasteiger partial charge < -0.3 is 15.4 Å². The normalized spacial score (nSPS) is 16.2. The van der Waals surface area contributed by atoms with Crippen molar-refractivity contribution in [1.29, 1.82) is 0 Å². The fraction of sp³-hybridized carbons (Fsp3) is 0.370. The Kier molecular flexibility index (Phi) is 7.44. The van der Waals surface area contributed by atoms with E-state index in [4.69, 9.17) is 4.74 Å². The van der Waals surface area contributed by atoms with Crippen molar-refractivity contribution in [2.45, 2.75) is 52.5 Å². The third kappa shape index (κ3) is 5.30. The molecule has 3 amide bonds. The number of methoxy groups -OCH3 is 1. The van der Waals surface area contributed by atoms with Gasteiger partial charge in [0.1, 0.15) is 0 Å². The number of ether oxygens (including phenoxy) is 1. The number of amides is 3. The van der Waals surface area contributed by atoms with Crippen LogP contribution in [0.25, 0.3) is 0 Å². The first-order chi connectivity index (χ1) is 16.1. The Morgan fingerprint density at radius 3 is 2.21 bits per heavy atom. The second-order valence-corrected chi connectivity index (χ2v) is 9.43. The fourth-order valence-corrected chi connectivity index (χ4v) is 3.98. The Labute approximate surface area is 201 Å². The molecular weight excluding hydrogens is 430 g/mol. The zero-order chi connectivity index (χ0) is 25.0. The van der Waals surface area contributed by atoms with Crippen molar-refractivity contribution in [3.05, 3.63) is 76.5 Å². The number of allylic oxidation sites excluding steroid dienone is 1. The largest absolute Gasteiger partial charge is 0.466 e. The van der Waals surface area contributed by atoms with Crippen molar-refractivity contribution in [2.75, 3.05) is 19.0 Å². The van der Waals surface area contributed by atoms with Crippen molar-refractivity contribution in [3.63, 3.8) is 0 Å². The Bertz CT molecular complexity index is 1100. The second kappa shape index (κ2) is 10.1. The molecule has 0 bridgehead atoms. The van der Waals surface area contributed by atoms with Crippen molar-refractivity contribution in [2.24, 2.45) is 0 Å². The maximum absolute atomic E-state index is 12.7. The summed E-state index contributed by atoms with van der Waals surface area (Å²) in [5.41, 5.74) is 4.05. The molecule has 1 heterocycles. The highest BCUT2D eigenvalue weighted by Gasteiger charge is 2.35. The smallest absolute Gasteiger partial charge is 0.337 e. The number of nitrogens with one attached hydrogen (secondary N) is 2. The predicted octanol–water partition coefficient (Wildman–Crippen LogP) is 5.16. The van der Waals surface area contributed by atoms with E-state index in [0.717, 1.165) is 17.5 Å². The summed E-state index contributed by atoms with van der Waals surface area (Å²) < 4.78 is 5.00. The van der Waals surface area contributed by atoms with Crippen LogP contribution in [0.4, 0.5) is 10.5 Å². The highest BCUT2D eigenvalue weighted by molar-refractivity contribution is 6.04. The van der Waals surface area contributed by atoms with Crippen LogP contribution in [-0.4, -0.2) is 36.5 Å². The Hall–Kier alpha value is -3.61. The quantitative estimate of drug-likeness (QED) is 0.579. The average molecular weight is 464 g/mol. The average Bonchev–Trinajstić information content (AvgIpc) is 2.81. The summed E-state index contributed by atoms with van der Waals surface area (Å²) in [5.74, 6) is -0.694. The number of carbonyl (C=O) groups excluding carboxylic acids is 3. The van der Waals surface area contributed by atoms with E-state index in [2.05, 4.69) is 31.4 Å². The molecule has 0 aliphatic carbocycles. The molecule has 2 aromatic carbocycles. The first kappa shape index (κ1) is 25.0. The summed E-state index contributed by atoms with van der Waals surface area (Å²) in [6, 6.07) is 13.8. The summed E-state index contributed by atoms with van der Waals surface area (Å²) in [6.07, 6.45) is 0.761. The van der Waals surface area contributed by atoms with Crippen LogP contribution in [0.15, 0.2) is 59.8 Å². The molecule has 1 atom stereocenters. The van der Waals surface area contributed by atoms with Gasteiger partial charge in [0, 0.05) is 23.5 Å². The number of benzene rings is 2. The summed E-state index contributed by atoms with van der Waals surface area (Å²) in [4.78, 5) is 39.5. The summed E-state index contributed by atoms with van der Waals surface area (Å²) in [5, 5.41) is 5.80. The summed E-state index contributed by atoms with van der Waals surface area (Å²) in [7, 11) is 1.33. The van der Waals surface area contributed by atoms with Gasteiger partial charge in [-0.2, -0.15) is 0 Å². The molecule has 1 aliphatic heterocycles. The lowest BCUT2D eigenvalue weighted by Crippen LogP contribution is -2.48. The Morgan fingerprint density at radius 2 is 1.68 bits per heavy atom. The van der Waals surface area contributed by atoms with E-state index in [0.29, 0.717) is 29.1 Å². The van der Waals surface area contributed by atoms with Crippen LogP contribution in [0.1, 0.15) is 68.6 Å². The molecule has 2 N–H and O–H groups in total. The van der Waals surface area contributed by atoms with Gasteiger partial charge in [-0.25, -0.2) is 9.59 Å². The molecular formula is C27H33N3O4. The van der Waals surface area contributed by atoms with Crippen LogP contribution >= 0.6 is 0 Å². The summed E-state index contributed by atoms with van der Waals surface area (Å²) in [6.45, 7) is 10.6. The van der Waals surface area contributed by atoms with Gasteiger partial charge in [-0.3, -0.25) is 9.69 Å². The van der Waals surface area contributed by atoms with E-state index >= 15 is 0 Å². The first-order valence-electron chi connectivity index (χ1n) is 11.5. The molecule has 7 nitrogen and oxygen atoms in total. The lowest BCUT2D eigenvalue weighted by Gasteiger charge is -2.35. The van der Waals surface area contributed by atoms with Gasteiger partial charge in [0.05, 0.1) is 18.7 Å². The van der Waals surface area contributed by atoms with Gasteiger partial charge in [-0.1, -0.05) is 52.0 Å². The van der Waals surface area contributed by atoms with Gasteiger partial charge in [0.2, 0.25) is 0 Å². The minimum atomic E-state index is -0.636. The molecule has 0 radical (unpaired) electrons. The molecule has 0 aromatic heterocycles. The monoisotopic (exact) mass is 463 g/mol. The number of nitrogens with zero attached hydrogens (tertiary/aromatic N) is 1. The standard InChI is InChI=1S/C27H33N3O4/c1-7-16-30-17(2)22(25(32)34-6)23(29-26(30)33)18-10-14-21(15-11-18)28-24(31)19-8-12-20(13-9-19)27(3,4)5/h8-15,23H,7,16H2,1-6H3,(H,28,31)(H,29,33). The van der Waals surface area contributed by atoms with Gasteiger partial charge in [-0.05, 0) is 54.2 Å². The predicted molar refractivity (Wildman–Crippen MR) is 133 cm³/mol. The van der Waals surface area contributed by atoms with Crippen LogP contribution in [-0.2, 0) is 14.9 Å². The van der Waals surface area contributed by atoms with Crippen LogP contribution in [0.2, 0.25) is 0 Å². The summed E-state index contributed by atoms with van der Waals surface area (Å²) >= 11 is 0. The molecule has 3 rings (SSSR count). The zero-order valence-corrected chi connectivity index (χ0v) is 20.7. The number of carbonyl (C=O) groups is 3. The van der Waals surface area contributed by atoms with E-state index in [9.17, 15) is 14.4 Å². The third-order valence-electron chi connectivity index (χ3n) is 5.96. The number of hydrogen-bond donors (Lipinski definition) is 2. The molecule has 180 valence electrons. The highest BCUT2D eigenvalue weighted by atomic mass is 16.5. The van der Waals surface area contributed by atoms with Gasteiger partial charge in [-0.15, -0.1) is 0 Å². The topological polar surface area (TPSA) is 87.7 Å². The number of urea groups is 1. The number of anilines is 1. The van der Waals surface area contributed by atoms with E-state index in [1.807, 2.05) is 31.2 Å². The first-order valence-corrected chi connectivity index (χ1v) is 11.5. The molecule has 1 aliphatic rings. The van der Waals surface area contributed by atoms with E-state index in [1.165, 1.54) is 7.11 Å². The van der Waals surface area contributed by atoms with E-state index < -0.39 is 12.0 Å². The Morgan fingerprint density at radius 1 is 1.06 bits per heavy atom. The van der Waals surface area contributed by atoms with Crippen molar-refractivity contribution in [3.8, 4) is 0 Å². The van der Waals surface area contributed by atoms with Crippen LogP contribution < -0.4 is 10.6 Å². The second-order valence-electron chi connectivity index (χ2n) is 9.43. The molecule has 34 heavy (non-hydrogen) atoms. The molecule has 0 spiro atoms. The molecule has 1 unspecified atom stereocenters. The minimum Gasteiger partial charge on any atom is -0.466 e. The van der Waals surface area contributed by atoms with Gasteiger partial charge in [0.25, 0.3) is 5.91 Å². The minimum absolute atomic E-state index is 0.0167. The lowest BCUT2D eigenvalue weighted by atomic mass is 9.87. The highest BCUT2D eigenvalue weighted by Crippen LogP contribution is 2.32. The maximum atomic E-state index is 12.7. The molecule has 7 heteroatoms. The van der Waals surface area contributed by atoms with Gasteiger partial charge >= 0.3 is 12.0 Å². The maximum Gasteiger partial charge on any atom is 0.337 e. The fourth-order valence-electron chi connectivity index (χ4n) is 3.98. The molecule has 0 saturated heterocycles. The van der Waals surface area contributed by atoms with Gasteiger partial charge in [0.15, 0.2) is 0 Å². The van der Waals surface area contributed by atoms with Crippen molar-refractivity contribution in [1.82, 2.24) is 10.2 Å². The molecule has 0 fully saturated rings. The number of rotatable bonds is 6. The van der Waals surface area contributed by atoms with Crippen LogP contribution in [0, 0.1) is 0 Å². The van der Waals surface area contributed by atoms with Crippen molar-refractivity contribution < 1.29 is 19.1 Å². The van der Waals surface area contributed by atoms with E-state index in [1.54, 1.807) is 36.1 Å².